The molecule has 0 heterocycles. The van der Waals surface area contributed by atoms with Crippen molar-refractivity contribution in [3.05, 3.63) is 42.5 Å². The summed E-state index contributed by atoms with van der Waals surface area (Å²) in [5, 5.41) is 0. The number of esters is 1. The second kappa shape index (κ2) is 6.44. The Morgan fingerprint density at radius 3 is 2.45 bits per heavy atom. The molecular weight excluding hydrogens is 304 g/mol. The Bertz CT molecular complexity index is 691. The summed E-state index contributed by atoms with van der Waals surface area (Å²) in [6.45, 7) is 1.87. The van der Waals surface area contributed by atoms with Gasteiger partial charge in [0.1, 0.15) is 5.75 Å². The van der Waals surface area contributed by atoms with E-state index in [-0.39, 0.29) is 28.4 Å². The van der Waals surface area contributed by atoms with Crippen molar-refractivity contribution >= 4 is 21.6 Å². The van der Waals surface area contributed by atoms with E-state index in [1.165, 1.54) is 25.3 Å². The minimum absolute atomic E-state index is 0.0411. The number of carbonyl (C=O) groups is 2. The third-order valence-electron chi connectivity index (χ3n) is 3.91. The van der Waals surface area contributed by atoms with Gasteiger partial charge in [-0.2, -0.15) is 0 Å². The van der Waals surface area contributed by atoms with E-state index in [2.05, 4.69) is 4.74 Å². The Morgan fingerprint density at radius 1 is 1.23 bits per heavy atom. The molecule has 0 saturated heterocycles. The van der Waals surface area contributed by atoms with Crippen molar-refractivity contribution < 1.29 is 22.7 Å². The SMILES string of the molecule is COC(=O)/C=C\[C@@H]1[C@@H](C)[C@@H]1C(=O)CS(=O)(=O)c1ccccc1. The number of hydrogen-bond acceptors (Lipinski definition) is 5. The Balaban J connectivity index is 2.02. The van der Waals surface area contributed by atoms with Crippen molar-refractivity contribution in [2.45, 2.75) is 11.8 Å². The van der Waals surface area contributed by atoms with E-state index in [9.17, 15) is 18.0 Å². The van der Waals surface area contributed by atoms with E-state index in [1.807, 2.05) is 6.92 Å². The maximum Gasteiger partial charge on any atom is 0.330 e. The molecule has 0 radical (unpaired) electrons. The fourth-order valence-corrected chi connectivity index (χ4v) is 3.85. The molecule has 5 nitrogen and oxygen atoms in total. The van der Waals surface area contributed by atoms with Gasteiger partial charge in [-0.1, -0.05) is 31.2 Å². The zero-order valence-electron chi connectivity index (χ0n) is 12.4. The van der Waals surface area contributed by atoms with Gasteiger partial charge in [-0.15, -0.1) is 0 Å². The minimum atomic E-state index is -3.61. The molecule has 6 heteroatoms. The molecule has 1 fully saturated rings. The van der Waals surface area contributed by atoms with Crippen molar-refractivity contribution in [1.29, 1.82) is 0 Å². The van der Waals surface area contributed by atoms with Crippen LogP contribution in [0.4, 0.5) is 0 Å². The molecule has 1 aliphatic carbocycles. The van der Waals surface area contributed by atoms with Crippen LogP contribution >= 0.6 is 0 Å². The molecule has 0 spiro atoms. The van der Waals surface area contributed by atoms with Crippen LogP contribution in [-0.4, -0.2) is 33.0 Å². The Morgan fingerprint density at radius 2 is 1.86 bits per heavy atom. The van der Waals surface area contributed by atoms with Crippen molar-refractivity contribution in [2.24, 2.45) is 17.8 Å². The largest absolute Gasteiger partial charge is 0.466 e. The highest BCUT2D eigenvalue weighted by molar-refractivity contribution is 7.92. The first-order valence-electron chi connectivity index (χ1n) is 6.93. The van der Waals surface area contributed by atoms with Gasteiger partial charge in [0.2, 0.25) is 0 Å². The number of ketones is 1. The van der Waals surface area contributed by atoms with Gasteiger partial charge in [-0.3, -0.25) is 4.79 Å². The molecule has 0 aliphatic heterocycles. The lowest BCUT2D eigenvalue weighted by molar-refractivity contribution is -0.134. The monoisotopic (exact) mass is 322 g/mol. The zero-order chi connectivity index (χ0) is 16.3. The molecule has 0 unspecified atom stereocenters. The molecule has 0 N–H and O–H groups in total. The third kappa shape index (κ3) is 3.62. The number of benzene rings is 1. The van der Waals surface area contributed by atoms with Crippen LogP contribution in [0, 0.1) is 17.8 Å². The number of rotatable bonds is 6. The van der Waals surface area contributed by atoms with Crippen molar-refractivity contribution in [2.75, 3.05) is 12.9 Å². The van der Waals surface area contributed by atoms with Gasteiger partial charge in [0.15, 0.2) is 15.6 Å². The second-order valence-electron chi connectivity index (χ2n) is 5.38. The van der Waals surface area contributed by atoms with Gasteiger partial charge in [0.25, 0.3) is 0 Å². The Hall–Kier alpha value is -1.95. The van der Waals surface area contributed by atoms with E-state index in [1.54, 1.807) is 24.3 Å². The summed E-state index contributed by atoms with van der Waals surface area (Å²) in [4.78, 5) is 23.4. The maximum absolute atomic E-state index is 12.2. The van der Waals surface area contributed by atoms with Gasteiger partial charge < -0.3 is 4.74 Å². The molecule has 118 valence electrons. The van der Waals surface area contributed by atoms with Crippen LogP contribution in [0.25, 0.3) is 0 Å². The number of carbonyl (C=O) groups excluding carboxylic acids is 2. The topological polar surface area (TPSA) is 77.5 Å². The molecule has 2 rings (SSSR count). The number of methoxy groups -OCH3 is 1. The van der Waals surface area contributed by atoms with Crippen molar-refractivity contribution in [1.82, 2.24) is 0 Å². The first-order chi connectivity index (χ1) is 10.4. The fourth-order valence-electron chi connectivity index (χ4n) is 2.55. The number of allylic oxidation sites excluding steroid dienone is 1. The highest BCUT2D eigenvalue weighted by Gasteiger charge is 2.50. The Kier molecular flexibility index (Phi) is 4.81. The average molecular weight is 322 g/mol. The van der Waals surface area contributed by atoms with E-state index >= 15 is 0 Å². The van der Waals surface area contributed by atoms with Crippen molar-refractivity contribution in [3.8, 4) is 0 Å². The van der Waals surface area contributed by atoms with E-state index in [0.29, 0.717) is 0 Å². The summed E-state index contributed by atoms with van der Waals surface area (Å²) in [6.07, 6.45) is 2.90. The zero-order valence-corrected chi connectivity index (χ0v) is 13.2. The lowest BCUT2D eigenvalue weighted by atomic mass is 10.2. The smallest absolute Gasteiger partial charge is 0.330 e. The molecule has 1 aliphatic rings. The molecule has 0 amide bonds. The van der Waals surface area contributed by atoms with Crippen LogP contribution < -0.4 is 0 Å². The van der Waals surface area contributed by atoms with E-state index < -0.39 is 21.6 Å². The number of sulfone groups is 1. The van der Waals surface area contributed by atoms with Crippen molar-refractivity contribution in [3.63, 3.8) is 0 Å². The van der Waals surface area contributed by atoms with Crippen LogP contribution in [0.15, 0.2) is 47.4 Å². The predicted molar refractivity (Wildman–Crippen MR) is 80.8 cm³/mol. The molecular formula is C16H18O5S. The average Bonchev–Trinajstić information content (AvgIpc) is 3.15. The first kappa shape index (κ1) is 16.4. The normalized spacial score (nSPS) is 24.2. The van der Waals surface area contributed by atoms with Crippen LogP contribution in [0.2, 0.25) is 0 Å². The lowest BCUT2D eigenvalue weighted by Gasteiger charge is -2.03. The lowest BCUT2D eigenvalue weighted by Crippen LogP contribution is -2.18. The molecule has 1 aromatic carbocycles. The summed E-state index contributed by atoms with van der Waals surface area (Å²) < 4.78 is 28.9. The highest BCUT2D eigenvalue weighted by Crippen LogP contribution is 2.47. The van der Waals surface area contributed by atoms with Gasteiger partial charge >= 0.3 is 5.97 Å². The first-order valence-corrected chi connectivity index (χ1v) is 8.58. The number of Topliss-reactive ketones (excluding diaryl/α,β-unsaturated/α-hetero) is 1. The van der Waals surface area contributed by atoms with Gasteiger partial charge in [0.05, 0.1) is 12.0 Å². The van der Waals surface area contributed by atoms with Gasteiger partial charge in [-0.25, -0.2) is 13.2 Å². The molecule has 3 atom stereocenters. The van der Waals surface area contributed by atoms with Crippen LogP contribution in [0.5, 0.6) is 0 Å². The Labute approximate surface area is 129 Å². The molecule has 0 bridgehead atoms. The highest BCUT2D eigenvalue weighted by atomic mass is 32.2. The molecule has 1 saturated carbocycles. The second-order valence-corrected chi connectivity index (χ2v) is 7.37. The molecule has 0 aromatic heterocycles. The molecule has 1 aromatic rings. The summed E-state index contributed by atoms with van der Waals surface area (Å²) in [5.74, 6) is -1.70. The van der Waals surface area contributed by atoms with Gasteiger partial charge in [-0.05, 0) is 24.0 Å². The minimum Gasteiger partial charge on any atom is -0.466 e. The predicted octanol–water partition coefficient (Wildman–Crippen LogP) is 1.64. The summed E-state index contributed by atoms with van der Waals surface area (Å²) in [7, 11) is -2.34. The van der Waals surface area contributed by atoms with Crippen LogP contribution in [-0.2, 0) is 24.2 Å². The van der Waals surface area contributed by atoms with Crippen LogP contribution in [0.1, 0.15) is 6.92 Å². The summed E-state index contributed by atoms with van der Waals surface area (Å²) in [5.41, 5.74) is 0. The number of ether oxygens (including phenoxy) is 1. The fraction of sp³-hybridized carbons (Fsp3) is 0.375. The quantitative estimate of drug-likeness (QED) is 0.588. The number of hydrogen-bond donors (Lipinski definition) is 0. The maximum atomic E-state index is 12.2. The summed E-state index contributed by atoms with van der Waals surface area (Å²) >= 11 is 0. The third-order valence-corrected chi connectivity index (χ3v) is 5.56. The van der Waals surface area contributed by atoms with Gasteiger partial charge in [0, 0.05) is 12.0 Å². The van der Waals surface area contributed by atoms with E-state index in [0.717, 1.165) is 0 Å². The standard InChI is InChI=1S/C16H18O5S/c1-11-13(8-9-15(18)21-2)16(11)14(17)10-22(19,20)12-6-4-3-5-7-12/h3-9,11,13,16H,10H2,1-2H3/b9-8-/t11-,13-,16+/m1/s1. The van der Waals surface area contributed by atoms with Crippen LogP contribution in [0.3, 0.4) is 0 Å². The molecule has 22 heavy (non-hydrogen) atoms. The summed E-state index contributed by atoms with van der Waals surface area (Å²) in [6, 6.07) is 7.93. The van der Waals surface area contributed by atoms with E-state index in [4.69, 9.17) is 0 Å².